The summed E-state index contributed by atoms with van der Waals surface area (Å²) in [5.41, 5.74) is 2.96. The maximum atomic E-state index is 8.49. The molecule has 0 unspecified atom stereocenters. The van der Waals surface area contributed by atoms with Gasteiger partial charge in [-0.15, -0.1) is 5.73 Å². The van der Waals surface area contributed by atoms with E-state index in [1.807, 2.05) is 6.08 Å². The first-order valence-corrected chi connectivity index (χ1v) is 6.92. The zero-order valence-corrected chi connectivity index (χ0v) is 10.9. The summed E-state index contributed by atoms with van der Waals surface area (Å²) >= 11 is 0. The smallest absolute Gasteiger partial charge is 0.0686 e. The van der Waals surface area contributed by atoms with Crippen LogP contribution >= 0.6 is 0 Å². The van der Waals surface area contributed by atoms with Gasteiger partial charge in [-0.05, 0) is 25.0 Å². The summed E-state index contributed by atoms with van der Waals surface area (Å²) in [6, 6.07) is 0. The first kappa shape index (κ1) is 15.5. The molecule has 0 radical (unpaired) electrons. The first-order chi connectivity index (χ1) is 7.91. The highest BCUT2D eigenvalue weighted by Crippen LogP contribution is 2.10. The highest BCUT2D eigenvalue weighted by molar-refractivity contribution is 4.83. The van der Waals surface area contributed by atoms with E-state index in [4.69, 9.17) is 5.11 Å². The molecule has 0 heterocycles. The van der Waals surface area contributed by atoms with E-state index >= 15 is 0 Å². The van der Waals surface area contributed by atoms with E-state index in [9.17, 15) is 0 Å². The normalized spacial score (nSPS) is 9.88. The third-order valence-electron chi connectivity index (χ3n) is 2.78. The molecule has 0 aromatic heterocycles. The van der Waals surface area contributed by atoms with Crippen molar-refractivity contribution >= 4 is 0 Å². The van der Waals surface area contributed by atoms with Crippen LogP contribution in [-0.4, -0.2) is 11.7 Å². The molecule has 0 spiro atoms. The largest absolute Gasteiger partial charge is 0.392 e. The molecule has 0 bridgehead atoms. The van der Waals surface area contributed by atoms with Crippen LogP contribution < -0.4 is 0 Å². The van der Waals surface area contributed by atoms with Crippen molar-refractivity contribution in [3.8, 4) is 0 Å². The molecule has 0 saturated carbocycles. The zero-order chi connectivity index (χ0) is 11.9. The Morgan fingerprint density at radius 3 is 1.94 bits per heavy atom. The predicted octanol–water partition coefficient (Wildman–Crippen LogP) is 4.61. The second kappa shape index (κ2) is 14.5. The molecule has 0 saturated heterocycles. The SMILES string of the molecule is CCCCCCCCCCCC=C=CCO. The van der Waals surface area contributed by atoms with Gasteiger partial charge in [-0.3, -0.25) is 0 Å². The average Bonchev–Trinajstić information content (AvgIpc) is 2.31. The van der Waals surface area contributed by atoms with Crippen LogP contribution in [0.4, 0.5) is 0 Å². The van der Waals surface area contributed by atoms with E-state index in [0.29, 0.717) is 0 Å². The van der Waals surface area contributed by atoms with Gasteiger partial charge in [-0.25, -0.2) is 0 Å². The van der Waals surface area contributed by atoms with Crippen LogP contribution in [0.3, 0.4) is 0 Å². The number of hydrogen-bond acceptors (Lipinski definition) is 1. The summed E-state index contributed by atoms with van der Waals surface area (Å²) < 4.78 is 0. The number of rotatable bonds is 11. The van der Waals surface area contributed by atoms with Gasteiger partial charge < -0.3 is 5.11 Å². The summed E-state index contributed by atoms with van der Waals surface area (Å²) in [7, 11) is 0. The Hall–Kier alpha value is -0.520. The van der Waals surface area contributed by atoms with Crippen molar-refractivity contribution in [1.29, 1.82) is 0 Å². The molecule has 16 heavy (non-hydrogen) atoms. The van der Waals surface area contributed by atoms with Gasteiger partial charge in [0.1, 0.15) is 0 Å². The molecule has 1 nitrogen and oxygen atoms in total. The number of aliphatic hydroxyl groups excluding tert-OH is 1. The first-order valence-electron chi connectivity index (χ1n) is 6.92. The topological polar surface area (TPSA) is 20.2 Å². The molecule has 0 aromatic rings. The lowest BCUT2D eigenvalue weighted by molar-refractivity contribution is 0.343. The van der Waals surface area contributed by atoms with E-state index in [1.54, 1.807) is 6.08 Å². The molecule has 0 amide bonds. The summed E-state index contributed by atoms with van der Waals surface area (Å²) in [4.78, 5) is 0. The van der Waals surface area contributed by atoms with Gasteiger partial charge in [0.15, 0.2) is 0 Å². The van der Waals surface area contributed by atoms with Gasteiger partial charge >= 0.3 is 0 Å². The van der Waals surface area contributed by atoms with Crippen molar-refractivity contribution in [1.82, 2.24) is 0 Å². The molecule has 0 rings (SSSR count). The van der Waals surface area contributed by atoms with Crippen molar-refractivity contribution < 1.29 is 5.11 Å². The molecule has 0 aromatic carbocycles. The standard InChI is InChI=1S/C15H28O/c1-2-3-4-5-6-7-8-9-10-11-12-13-14-15-16/h12,14,16H,2-11,15H2,1H3. The maximum absolute atomic E-state index is 8.49. The Balaban J connectivity index is 3.01. The predicted molar refractivity (Wildman–Crippen MR) is 71.6 cm³/mol. The minimum absolute atomic E-state index is 0.105. The third kappa shape index (κ3) is 13.5. The van der Waals surface area contributed by atoms with E-state index in [-0.39, 0.29) is 6.61 Å². The molecular weight excluding hydrogens is 196 g/mol. The number of aliphatic hydroxyl groups is 1. The van der Waals surface area contributed by atoms with Gasteiger partial charge in [-0.2, -0.15) is 0 Å². The highest BCUT2D eigenvalue weighted by atomic mass is 16.2. The second-order valence-electron chi connectivity index (χ2n) is 4.37. The fourth-order valence-electron chi connectivity index (χ4n) is 1.78. The lowest BCUT2D eigenvalue weighted by Gasteiger charge is -2.00. The van der Waals surface area contributed by atoms with Crippen molar-refractivity contribution in [2.75, 3.05) is 6.61 Å². The molecule has 0 aliphatic carbocycles. The molecule has 94 valence electrons. The van der Waals surface area contributed by atoms with Crippen LogP contribution in [-0.2, 0) is 0 Å². The van der Waals surface area contributed by atoms with E-state index in [1.165, 1.54) is 57.8 Å². The van der Waals surface area contributed by atoms with Crippen LogP contribution in [0.1, 0.15) is 71.1 Å². The summed E-state index contributed by atoms with van der Waals surface area (Å²) in [6.45, 7) is 2.37. The zero-order valence-electron chi connectivity index (χ0n) is 10.9. The van der Waals surface area contributed by atoms with E-state index in [0.717, 1.165) is 6.42 Å². The Labute approximate surface area is 101 Å². The Kier molecular flexibility index (Phi) is 14.0. The minimum Gasteiger partial charge on any atom is -0.392 e. The van der Waals surface area contributed by atoms with Crippen LogP contribution in [0.2, 0.25) is 0 Å². The quantitative estimate of drug-likeness (QED) is 0.401. The fourth-order valence-corrected chi connectivity index (χ4v) is 1.78. The molecule has 0 atom stereocenters. The lowest BCUT2D eigenvalue weighted by Crippen LogP contribution is -1.80. The number of hydrogen-bond donors (Lipinski definition) is 1. The minimum atomic E-state index is 0.105. The van der Waals surface area contributed by atoms with Gasteiger partial charge in [0.05, 0.1) is 6.61 Å². The van der Waals surface area contributed by atoms with Crippen LogP contribution in [0.5, 0.6) is 0 Å². The van der Waals surface area contributed by atoms with Crippen molar-refractivity contribution in [3.05, 3.63) is 17.9 Å². The molecule has 0 fully saturated rings. The van der Waals surface area contributed by atoms with Crippen LogP contribution in [0.15, 0.2) is 17.9 Å². The Bertz CT molecular complexity index is 178. The molecular formula is C15H28O. The number of unbranched alkanes of at least 4 members (excludes halogenated alkanes) is 9. The lowest BCUT2D eigenvalue weighted by atomic mass is 10.1. The summed E-state index contributed by atoms with van der Waals surface area (Å²) in [5, 5.41) is 8.49. The Morgan fingerprint density at radius 2 is 1.38 bits per heavy atom. The summed E-state index contributed by atoms with van der Waals surface area (Å²) in [5.74, 6) is 0. The van der Waals surface area contributed by atoms with Gasteiger partial charge in [0.2, 0.25) is 0 Å². The highest BCUT2D eigenvalue weighted by Gasteiger charge is 1.90. The summed E-state index contributed by atoms with van der Waals surface area (Å²) in [6.07, 6.45) is 17.2. The fraction of sp³-hybridized carbons (Fsp3) is 0.800. The molecule has 0 aliphatic heterocycles. The van der Waals surface area contributed by atoms with E-state index < -0.39 is 0 Å². The molecule has 0 aliphatic rings. The molecule has 1 heteroatoms. The van der Waals surface area contributed by atoms with Crippen molar-refractivity contribution in [2.24, 2.45) is 0 Å². The molecule has 1 N–H and O–H groups in total. The van der Waals surface area contributed by atoms with Crippen molar-refractivity contribution in [2.45, 2.75) is 71.1 Å². The van der Waals surface area contributed by atoms with Gasteiger partial charge in [-0.1, -0.05) is 58.3 Å². The van der Waals surface area contributed by atoms with Gasteiger partial charge in [0, 0.05) is 0 Å². The van der Waals surface area contributed by atoms with Crippen LogP contribution in [0.25, 0.3) is 0 Å². The van der Waals surface area contributed by atoms with Crippen LogP contribution in [0, 0.1) is 0 Å². The van der Waals surface area contributed by atoms with Gasteiger partial charge in [0.25, 0.3) is 0 Å². The second-order valence-corrected chi connectivity index (χ2v) is 4.37. The van der Waals surface area contributed by atoms with Crippen molar-refractivity contribution in [3.63, 3.8) is 0 Å². The average molecular weight is 224 g/mol. The third-order valence-corrected chi connectivity index (χ3v) is 2.78. The monoisotopic (exact) mass is 224 g/mol. The van der Waals surface area contributed by atoms with E-state index in [2.05, 4.69) is 12.7 Å². The Morgan fingerprint density at radius 1 is 0.812 bits per heavy atom. The maximum Gasteiger partial charge on any atom is 0.0686 e.